The van der Waals surface area contributed by atoms with Gasteiger partial charge in [0, 0.05) is 38.1 Å². The van der Waals surface area contributed by atoms with Gasteiger partial charge in [-0.3, -0.25) is 4.79 Å². The standard InChI is InChI=1S/C15H29N3O3/c1-4-21-15(20)18-10-8-17(9-11-18)14(19)12(2)6-5-7-13(3)16/h12-13H,4-11,16H2,1-3H3. The second-order valence-corrected chi connectivity index (χ2v) is 5.82. The number of carbonyl (C=O) groups excluding carboxylic acids is 2. The summed E-state index contributed by atoms with van der Waals surface area (Å²) in [6, 6.07) is 0.195. The van der Waals surface area contributed by atoms with Gasteiger partial charge in [0.05, 0.1) is 6.61 Å². The van der Waals surface area contributed by atoms with Crippen LogP contribution in [0.5, 0.6) is 0 Å². The van der Waals surface area contributed by atoms with Crippen molar-refractivity contribution in [2.45, 2.75) is 46.1 Å². The first kappa shape index (κ1) is 17.8. The Bertz CT molecular complexity index is 339. The predicted octanol–water partition coefficient (Wildman–Crippen LogP) is 1.44. The maximum atomic E-state index is 12.3. The number of rotatable bonds is 6. The lowest BCUT2D eigenvalue weighted by Gasteiger charge is -2.35. The zero-order valence-corrected chi connectivity index (χ0v) is 13.5. The first-order valence-corrected chi connectivity index (χ1v) is 7.91. The van der Waals surface area contributed by atoms with Crippen molar-refractivity contribution >= 4 is 12.0 Å². The van der Waals surface area contributed by atoms with Crippen LogP contribution in [0.1, 0.15) is 40.0 Å². The summed E-state index contributed by atoms with van der Waals surface area (Å²) in [6.07, 6.45) is 2.52. The van der Waals surface area contributed by atoms with Gasteiger partial charge >= 0.3 is 6.09 Å². The molecule has 1 aliphatic rings. The van der Waals surface area contributed by atoms with Gasteiger partial charge in [-0.05, 0) is 26.7 Å². The highest BCUT2D eigenvalue weighted by atomic mass is 16.6. The van der Waals surface area contributed by atoms with E-state index in [1.54, 1.807) is 11.8 Å². The van der Waals surface area contributed by atoms with Crippen molar-refractivity contribution in [3.05, 3.63) is 0 Å². The van der Waals surface area contributed by atoms with Gasteiger partial charge in [0.2, 0.25) is 5.91 Å². The van der Waals surface area contributed by atoms with Crippen molar-refractivity contribution in [1.29, 1.82) is 0 Å². The highest BCUT2D eigenvalue weighted by molar-refractivity contribution is 5.79. The van der Waals surface area contributed by atoms with Crippen LogP contribution in [0.4, 0.5) is 4.79 Å². The van der Waals surface area contributed by atoms with E-state index in [-0.39, 0.29) is 24.0 Å². The quantitative estimate of drug-likeness (QED) is 0.805. The monoisotopic (exact) mass is 299 g/mol. The van der Waals surface area contributed by atoms with Gasteiger partial charge in [-0.1, -0.05) is 13.3 Å². The number of nitrogens with two attached hydrogens (primary N) is 1. The average Bonchev–Trinajstić information content (AvgIpc) is 2.46. The first-order valence-electron chi connectivity index (χ1n) is 7.91. The molecule has 0 saturated carbocycles. The van der Waals surface area contributed by atoms with Crippen LogP contribution in [0.2, 0.25) is 0 Å². The molecule has 1 rings (SSSR count). The molecule has 122 valence electrons. The summed E-state index contributed by atoms with van der Waals surface area (Å²) in [7, 11) is 0. The Morgan fingerprint density at radius 3 is 2.19 bits per heavy atom. The Labute approximate surface area is 127 Å². The number of amides is 2. The van der Waals surface area contributed by atoms with Gasteiger partial charge < -0.3 is 20.3 Å². The molecule has 0 aliphatic carbocycles. The molecule has 2 amide bonds. The minimum Gasteiger partial charge on any atom is -0.450 e. The van der Waals surface area contributed by atoms with Crippen molar-refractivity contribution in [2.24, 2.45) is 11.7 Å². The smallest absolute Gasteiger partial charge is 0.409 e. The molecule has 0 bridgehead atoms. The van der Waals surface area contributed by atoms with E-state index in [4.69, 9.17) is 10.5 Å². The van der Waals surface area contributed by atoms with Crippen LogP contribution < -0.4 is 5.73 Å². The van der Waals surface area contributed by atoms with E-state index in [1.807, 2.05) is 18.7 Å². The fourth-order valence-corrected chi connectivity index (χ4v) is 2.51. The second kappa shape index (κ2) is 8.87. The third-order valence-corrected chi connectivity index (χ3v) is 3.84. The lowest BCUT2D eigenvalue weighted by Crippen LogP contribution is -2.51. The van der Waals surface area contributed by atoms with Crippen molar-refractivity contribution in [3.63, 3.8) is 0 Å². The third kappa shape index (κ3) is 5.91. The molecule has 21 heavy (non-hydrogen) atoms. The SMILES string of the molecule is CCOC(=O)N1CCN(C(=O)C(C)CCCC(C)N)CC1. The summed E-state index contributed by atoms with van der Waals surface area (Å²) >= 11 is 0. The summed E-state index contributed by atoms with van der Waals surface area (Å²) in [5, 5.41) is 0. The molecule has 1 saturated heterocycles. The van der Waals surface area contributed by atoms with Crippen LogP contribution in [0.3, 0.4) is 0 Å². The van der Waals surface area contributed by atoms with E-state index in [9.17, 15) is 9.59 Å². The molecule has 2 unspecified atom stereocenters. The summed E-state index contributed by atoms with van der Waals surface area (Å²) in [4.78, 5) is 27.5. The topological polar surface area (TPSA) is 75.9 Å². The lowest BCUT2D eigenvalue weighted by atomic mass is 10.0. The molecule has 0 spiro atoms. The molecule has 6 heteroatoms. The molecule has 1 fully saturated rings. The van der Waals surface area contributed by atoms with Gasteiger partial charge in [-0.15, -0.1) is 0 Å². The van der Waals surface area contributed by atoms with Crippen LogP contribution >= 0.6 is 0 Å². The Hall–Kier alpha value is -1.30. The molecule has 0 radical (unpaired) electrons. The van der Waals surface area contributed by atoms with Crippen LogP contribution in [0.25, 0.3) is 0 Å². The number of hydrogen-bond acceptors (Lipinski definition) is 4. The summed E-state index contributed by atoms with van der Waals surface area (Å²) < 4.78 is 4.97. The van der Waals surface area contributed by atoms with Gasteiger partial charge in [0.25, 0.3) is 0 Å². The Balaban J connectivity index is 2.32. The fourth-order valence-electron chi connectivity index (χ4n) is 2.51. The van der Waals surface area contributed by atoms with E-state index in [1.165, 1.54) is 0 Å². The minimum absolute atomic E-state index is 0.0258. The highest BCUT2D eigenvalue weighted by Gasteiger charge is 2.27. The number of hydrogen-bond donors (Lipinski definition) is 1. The van der Waals surface area contributed by atoms with E-state index in [0.717, 1.165) is 19.3 Å². The molecular formula is C15H29N3O3. The summed E-state index contributed by atoms with van der Waals surface area (Å²) in [5.74, 6) is 0.209. The van der Waals surface area contributed by atoms with Crippen molar-refractivity contribution < 1.29 is 14.3 Å². The van der Waals surface area contributed by atoms with Crippen LogP contribution in [-0.4, -0.2) is 60.6 Å². The molecule has 2 atom stereocenters. The van der Waals surface area contributed by atoms with E-state index < -0.39 is 0 Å². The Morgan fingerprint density at radius 1 is 1.10 bits per heavy atom. The number of piperazine rings is 1. The van der Waals surface area contributed by atoms with E-state index >= 15 is 0 Å². The predicted molar refractivity (Wildman–Crippen MR) is 81.8 cm³/mol. The van der Waals surface area contributed by atoms with Crippen LogP contribution in [-0.2, 0) is 9.53 Å². The summed E-state index contributed by atoms with van der Waals surface area (Å²) in [5.41, 5.74) is 5.72. The summed E-state index contributed by atoms with van der Waals surface area (Å²) in [6.45, 7) is 8.43. The Kier molecular flexibility index (Phi) is 7.50. The van der Waals surface area contributed by atoms with Crippen molar-refractivity contribution in [1.82, 2.24) is 9.80 Å². The molecule has 0 aromatic rings. The molecule has 2 N–H and O–H groups in total. The number of carbonyl (C=O) groups is 2. The molecular weight excluding hydrogens is 270 g/mol. The maximum Gasteiger partial charge on any atom is 0.409 e. The van der Waals surface area contributed by atoms with Gasteiger partial charge in [-0.2, -0.15) is 0 Å². The zero-order valence-electron chi connectivity index (χ0n) is 13.5. The van der Waals surface area contributed by atoms with Gasteiger partial charge in [-0.25, -0.2) is 4.79 Å². The van der Waals surface area contributed by atoms with Crippen molar-refractivity contribution in [3.8, 4) is 0 Å². The van der Waals surface area contributed by atoms with Crippen LogP contribution in [0.15, 0.2) is 0 Å². The third-order valence-electron chi connectivity index (χ3n) is 3.84. The first-order chi connectivity index (χ1) is 9.95. The maximum absolute atomic E-state index is 12.3. The van der Waals surface area contributed by atoms with Gasteiger partial charge in [0.15, 0.2) is 0 Å². The molecule has 1 aliphatic heterocycles. The Morgan fingerprint density at radius 2 is 1.67 bits per heavy atom. The largest absolute Gasteiger partial charge is 0.450 e. The highest BCUT2D eigenvalue weighted by Crippen LogP contribution is 2.14. The molecule has 0 aromatic carbocycles. The number of ether oxygens (including phenoxy) is 1. The minimum atomic E-state index is -0.283. The van der Waals surface area contributed by atoms with Crippen LogP contribution in [0, 0.1) is 5.92 Å². The number of nitrogens with zero attached hydrogens (tertiary/aromatic N) is 2. The van der Waals surface area contributed by atoms with Crippen molar-refractivity contribution in [2.75, 3.05) is 32.8 Å². The molecule has 6 nitrogen and oxygen atoms in total. The normalized spacial score (nSPS) is 18.3. The molecule has 0 aromatic heterocycles. The van der Waals surface area contributed by atoms with E-state index in [0.29, 0.717) is 32.8 Å². The fraction of sp³-hybridized carbons (Fsp3) is 0.867. The van der Waals surface area contributed by atoms with E-state index in [2.05, 4.69) is 0 Å². The molecule has 1 heterocycles. The zero-order chi connectivity index (χ0) is 15.8. The average molecular weight is 299 g/mol. The van der Waals surface area contributed by atoms with Gasteiger partial charge in [0.1, 0.15) is 0 Å². The second-order valence-electron chi connectivity index (χ2n) is 5.82. The lowest BCUT2D eigenvalue weighted by molar-refractivity contribution is -0.136.